The maximum absolute atomic E-state index is 13.9. The lowest BCUT2D eigenvalue weighted by Crippen LogP contribution is -2.48. The number of rotatable bonds is 11. The zero-order valence-electron chi connectivity index (χ0n) is 22.7. The number of phenols is 1. The van der Waals surface area contributed by atoms with E-state index in [4.69, 9.17) is 4.74 Å². The number of halogens is 2. The Labute approximate surface area is 237 Å². The normalized spacial score (nSPS) is 14.8. The topological polar surface area (TPSA) is 123 Å². The van der Waals surface area contributed by atoms with E-state index < -0.39 is 35.6 Å². The molecule has 9 nitrogen and oxygen atoms in total. The highest BCUT2D eigenvalue weighted by molar-refractivity contribution is 6.01. The Morgan fingerprint density at radius 3 is 2.46 bits per heavy atom. The molecule has 5 N–H and O–H groups in total. The molecule has 0 aliphatic carbocycles. The Morgan fingerprint density at radius 2 is 1.76 bits per heavy atom. The van der Waals surface area contributed by atoms with Gasteiger partial charge < -0.3 is 35.8 Å². The van der Waals surface area contributed by atoms with Crippen molar-refractivity contribution in [3.05, 3.63) is 94.6 Å². The number of hydrogen-bond donors (Lipinski definition) is 5. The summed E-state index contributed by atoms with van der Waals surface area (Å²) >= 11 is 0. The number of hydrogen-bond acceptors (Lipinski definition) is 7. The van der Waals surface area contributed by atoms with Crippen LogP contribution >= 0.6 is 0 Å². The fraction of sp³-hybridized carbons (Fsp3) is 0.333. The van der Waals surface area contributed by atoms with Crippen LogP contribution in [0.2, 0.25) is 0 Å². The zero-order chi connectivity index (χ0) is 29.4. The molecule has 0 aromatic heterocycles. The predicted octanol–water partition coefficient (Wildman–Crippen LogP) is 2.22. The first-order chi connectivity index (χ1) is 19.7. The minimum atomic E-state index is -1.14. The van der Waals surface area contributed by atoms with Crippen LogP contribution in [-0.2, 0) is 13.0 Å². The predicted molar refractivity (Wildman–Crippen MR) is 149 cm³/mol. The standard InChI is InChI=1S/C30H34F2N4O5/c1-41-24-4-2-3-19(13-24)17-34-18-28(38)26(14-20-11-22(31)16-23(32)12-20)35-29(39)21-5-6-27(37)25(15-21)30(40)36-9-7-33-8-10-36/h2-6,11-13,15-16,26,28,33-34,37-38H,7-10,14,17-18H2,1H3,(H,35,39)/t26-,28-/m0/s1. The zero-order valence-corrected chi connectivity index (χ0v) is 22.7. The summed E-state index contributed by atoms with van der Waals surface area (Å²) in [7, 11) is 1.57. The summed E-state index contributed by atoms with van der Waals surface area (Å²) in [6.07, 6.45) is -1.21. The lowest BCUT2D eigenvalue weighted by molar-refractivity contribution is 0.0732. The molecule has 0 saturated carbocycles. The summed E-state index contributed by atoms with van der Waals surface area (Å²) in [4.78, 5) is 27.9. The lowest BCUT2D eigenvalue weighted by Gasteiger charge is -2.28. The Bertz CT molecular complexity index is 1350. The van der Waals surface area contributed by atoms with Crippen LogP contribution in [0, 0.1) is 11.6 Å². The molecular weight excluding hydrogens is 534 g/mol. The molecule has 4 rings (SSSR count). The third-order valence-corrected chi connectivity index (χ3v) is 6.87. The second-order valence-electron chi connectivity index (χ2n) is 9.89. The number of piperazine rings is 1. The number of phenolic OH excluding ortho intramolecular Hbond substituents is 1. The molecule has 0 radical (unpaired) electrons. The molecule has 3 aromatic carbocycles. The summed E-state index contributed by atoms with van der Waals surface area (Å²) in [5, 5.41) is 30.4. The van der Waals surface area contributed by atoms with Crippen molar-refractivity contribution in [1.82, 2.24) is 20.9 Å². The second-order valence-corrected chi connectivity index (χ2v) is 9.89. The number of ether oxygens (including phenoxy) is 1. The first kappa shape index (κ1) is 29.9. The number of carbonyl (C=O) groups is 2. The summed E-state index contributed by atoms with van der Waals surface area (Å²) in [6.45, 7) is 2.64. The van der Waals surface area contributed by atoms with E-state index in [0.717, 1.165) is 23.8 Å². The number of aromatic hydroxyl groups is 1. The van der Waals surface area contributed by atoms with Gasteiger partial charge in [0.2, 0.25) is 0 Å². The quantitative estimate of drug-likeness (QED) is 0.240. The van der Waals surface area contributed by atoms with Gasteiger partial charge in [-0.25, -0.2) is 8.78 Å². The van der Waals surface area contributed by atoms with Crippen LogP contribution in [0.3, 0.4) is 0 Å². The number of methoxy groups -OCH3 is 1. The summed E-state index contributed by atoms with van der Waals surface area (Å²) in [6, 6.07) is 13.4. The van der Waals surface area contributed by atoms with E-state index in [2.05, 4.69) is 16.0 Å². The summed E-state index contributed by atoms with van der Waals surface area (Å²) in [5.41, 5.74) is 1.24. The van der Waals surface area contributed by atoms with Crippen LogP contribution in [0.5, 0.6) is 11.5 Å². The van der Waals surface area contributed by atoms with Crippen molar-refractivity contribution in [2.75, 3.05) is 39.8 Å². The van der Waals surface area contributed by atoms with Crippen LogP contribution < -0.4 is 20.7 Å². The van der Waals surface area contributed by atoms with Gasteiger partial charge in [-0.05, 0) is 60.0 Å². The average molecular weight is 569 g/mol. The molecule has 1 aliphatic rings. The lowest BCUT2D eigenvalue weighted by atomic mass is 9.99. The molecule has 11 heteroatoms. The highest BCUT2D eigenvalue weighted by Gasteiger charge is 2.25. The van der Waals surface area contributed by atoms with Gasteiger partial charge in [0, 0.05) is 50.9 Å². The number of nitrogens with zero attached hydrogens (tertiary/aromatic N) is 1. The molecule has 2 amide bonds. The number of aliphatic hydroxyl groups is 1. The summed E-state index contributed by atoms with van der Waals surface area (Å²) < 4.78 is 33.0. The number of benzene rings is 3. The second kappa shape index (κ2) is 14.0. The van der Waals surface area contributed by atoms with E-state index in [-0.39, 0.29) is 35.4 Å². The van der Waals surface area contributed by atoms with Crippen molar-refractivity contribution in [3.63, 3.8) is 0 Å². The smallest absolute Gasteiger partial charge is 0.257 e. The minimum absolute atomic E-state index is 0.0104. The minimum Gasteiger partial charge on any atom is -0.507 e. The third-order valence-electron chi connectivity index (χ3n) is 6.87. The van der Waals surface area contributed by atoms with E-state index in [0.29, 0.717) is 38.5 Å². The molecule has 3 aromatic rings. The first-order valence-electron chi connectivity index (χ1n) is 13.3. The number of carbonyl (C=O) groups excluding carboxylic acids is 2. The van der Waals surface area contributed by atoms with Crippen LogP contribution in [0.15, 0.2) is 60.7 Å². The van der Waals surface area contributed by atoms with Crippen molar-refractivity contribution in [3.8, 4) is 11.5 Å². The van der Waals surface area contributed by atoms with E-state index in [9.17, 15) is 28.6 Å². The van der Waals surface area contributed by atoms with Gasteiger partial charge in [-0.15, -0.1) is 0 Å². The fourth-order valence-corrected chi connectivity index (χ4v) is 4.69. The van der Waals surface area contributed by atoms with Crippen LogP contribution in [0.4, 0.5) is 8.78 Å². The van der Waals surface area contributed by atoms with E-state index in [1.807, 2.05) is 24.3 Å². The fourth-order valence-electron chi connectivity index (χ4n) is 4.69. The number of nitrogens with one attached hydrogen (secondary N) is 3. The van der Waals surface area contributed by atoms with Crippen LogP contribution in [0.25, 0.3) is 0 Å². The highest BCUT2D eigenvalue weighted by Crippen LogP contribution is 2.21. The van der Waals surface area contributed by atoms with Gasteiger partial charge in [0.05, 0.1) is 24.8 Å². The van der Waals surface area contributed by atoms with E-state index in [1.165, 1.54) is 18.2 Å². The van der Waals surface area contributed by atoms with E-state index >= 15 is 0 Å². The van der Waals surface area contributed by atoms with Crippen molar-refractivity contribution < 1.29 is 33.3 Å². The molecular formula is C30H34F2N4O5. The van der Waals surface area contributed by atoms with Crippen molar-refractivity contribution in [2.24, 2.45) is 0 Å². The van der Waals surface area contributed by atoms with Gasteiger partial charge in [-0.2, -0.15) is 0 Å². The van der Waals surface area contributed by atoms with Gasteiger partial charge in [-0.3, -0.25) is 9.59 Å². The van der Waals surface area contributed by atoms with Crippen LogP contribution in [0.1, 0.15) is 31.8 Å². The Hall–Kier alpha value is -4.06. The summed E-state index contributed by atoms with van der Waals surface area (Å²) in [5.74, 6) is -2.12. The monoisotopic (exact) mass is 568 g/mol. The molecule has 1 heterocycles. The molecule has 0 bridgehead atoms. The van der Waals surface area contributed by atoms with Crippen molar-refractivity contribution >= 4 is 11.8 Å². The van der Waals surface area contributed by atoms with Crippen LogP contribution in [-0.4, -0.2) is 78.9 Å². The van der Waals surface area contributed by atoms with Gasteiger partial charge in [0.25, 0.3) is 11.8 Å². The number of aliphatic hydroxyl groups excluding tert-OH is 1. The molecule has 2 atom stereocenters. The largest absolute Gasteiger partial charge is 0.507 e. The number of amides is 2. The van der Waals surface area contributed by atoms with E-state index in [1.54, 1.807) is 12.0 Å². The molecule has 1 saturated heterocycles. The first-order valence-corrected chi connectivity index (χ1v) is 13.3. The molecule has 0 unspecified atom stereocenters. The molecule has 0 spiro atoms. The van der Waals surface area contributed by atoms with Gasteiger partial charge >= 0.3 is 0 Å². The van der Waals surface area contributed by atoms with Crippen molar-refractivity contribution in [2.45, 2.75) is 25.1 Å². The Balaban J connectivity index is 1.49. The van der Waals surface area contributed by atoms with Gasteiger partial charge in [-0.1, -0.05) is 12.1 Å². The highest BCUT2D eigenvalue weighted by atomic mass is 19.1. The molecule has 41 heavy (non-hydrogen) atoms. The maximum Gasteiger partial charge on any atom is 0.257 e. The molecule has 1 fully saturated rings. The maximum atomic E-state index is 13.9. The Morgan fingerprint density at radius 1 is 1.02 bits per heavy atom. The van der Waals surface area contributed by atoms with Gasteiger partial charge in [0.1, 0.15) is 23.1 Å². The average Bonchev–Trinajstić information content (AvgIpc) is 2.96. The Kier molecular flexibility index (Phi) is 10.2. The SMILES string of the molecule is COc1cccc(CNC[C@H](O)[C@H](Cc2cc(F)cc(F)c2)NC(=O)c2ccc(O)c(C(=O)N3CCNCC3)c2)c1. The molecule has 1 aliphatic heterocycles. The molecule has 218 valence electrons. The van der Waals surface area contributed by atoms with Gasteiger partial charge in [0.15, 0.2) is 0 Å². The third kappa shape index (κ3) is 8.23. The van der Waals surface area contributed by atoms with Crippen molar-refractivity contribution in [1.29, 1.82) is 0 Å².